The number of anilines is 3. The van der Waals surface area contributed by atoms with E-state index in [4.69, 9.17) is 0 Å². The number of thiazole rings is 1. The highest BCUT2D eigenvalue weighted by molar-refractivity contribution is 9.10. The molecule has 2 aromatic carbocycles. The second-order valence-corrected chi connectivity index (χ2v) is 9.98. The fourth-order valence-electron chi connectivity index (χ4n) is 2.45. The molecule has 0 atom stereocenters. The normalized spacial score (nSPS) is 11.2. The molecule has 0 aliphatic carbocycles. The standard InChI is InChI=1S/C19H18BrN3O3S2/c1-12-9-14(5-8-17(12)20)21-18(24)10-15-11-27-19(23-15)22-13-3-6-16(7-4-13)28(2,25)26/h3-9,11H,10H2,1-2H3,(H,21,24)(H,22,23). The Kier molecular flexibility index (Phi) is 6.17. The van der Waals surface area contributed by atoms with E-state index in [1.807, 2.05) is 30.5 Å². The summed E-state index contributed by atoms with van der Waals surface area (Å²) in [7, 11) is -3.22. The number of nitrogens with zero attached hydrogens (tertiary/aromatic N) is 1. The first-order valence-corrected chi connectivity index (χ1v) is 11.8. The van der Waals surface area contributed by atoms with Gasteiger partial charge in [0, 0.05) is 27.5 Å². The minimum atomic E-state index is -3.22. The summed E-state index contributed by atoms with van der Waals surface area (Å²) >= 11 is 4.81. The van der Waals surface area contributed by atoms with Gasteiger partial charge >= 0.3 is 0 Å². The van der Waals surface area contributed by atoms with Gasteiger partial charge in [0.25, 0.3) is 0 Å². The first-order valence-electron chi connectivity index (χ1n) is 8.28. The van der Waals surface area contributed by atoms with Crippen molar-refractivity contribution >= 4 is 59.5 Å². The van der Waals surface area contributed by atoms with Crippen LogP contribution < -0.4 is 10.6 Å². The molecule has 0 bridgehead atoms. The lowest BCUT2D eigenvalue weighted by Gasteiger charge is -2.06. The van der Waals surface area contributed by atoms with Gasteiger partial charge in [-0.15, -0.1) is 11.3 Å². The summed E-state index contributed by atoms with van der Waals surface area (Å²) in [6.45, 7) is 1.96. The van der Waals surface area contributed by atoms with Crippen LogP contribution >= 0.6 is 27.3 Å². The zero-order chi connectivity index (χ0) is 20.3. The van der Waals surface area contributed by atoms with Crippen molar-refractivity contribution < 1.29 is 13.2 Å². The van der Waals surface area contributed by atoms with Crippen molar-refractivity contribution in [3.63, 3.8) is 0 Å². The number of hydrogen-bond donors (Lipinski definition) is 2. The summed E-state index contributed by atoms with van der Waals surface area (Å²) in [4.78, 5) is 16.9. The number of halogens is 1. The molecule has 0 fully saturated rings. The molecule has 0 radical (unpaired) electrons. The number of rotatable bonds is 6. The molecule has 0 saturated heterocycles. The Hall–Kier alpha value is -2.23. The van der Waals surface area contributed by atoms with Crippen molar-refractivity contribution in [2.45, 2.75) is 18.2 Å². The monoisotopic (exact) mass is 479 g/mol. The van der Waals surface area contributed by atoms with Gasteiger partial charge in [-0.1, -0.05) is 15.9 Å². The summed E-state index contributed by atoms with van der Waals surface area (Å²) in [5, 5.41) is 8.43. The molecule has 1 heterocycles. The second kappa shape index (κ2) is 8.42. The van der Waals surface area contributed by atoms with E-state index < -0.39 is 9.84 Å². The number of aryl methyl sites for hydroxylation is 1. The van der Waals surface area contributed by atoms with Gasteiger partial charge < -0.3 is 10.6 Å². The maximum Gasteiger partial charge on any atom is 0.230 e. The largest absolute Gasteiger partial charge is 0.332 e. The minimum absolute atomic E-state index is 0.143. The maximum absolute atomic E-state index is 12.2. The van der Waals surface area contributed by atoms with E-state index in [0.717, 1.165) is 21.4 Å². The average Bonchev–Trinajstić information content (AvgIpc) is 3.04. The molecule has 0 saturated carbocycles. The molecular formula is C19H18BrN3O3S2. The zero-order valence-electron chi connectivity index (χ0n) is 15.2. The number of sulfone groups is 1. The van der Waals surface area contributed by atoms with Gasteiger partial charge in [0.15, 0.2) is 15.0 Å². The molecule has 1 amide bonds. The van der Waals surface area contributed by atoms with E-state index in [1.54, 1.807) is 24.3 Å². The second-order valence-electron chi connectivity index (χ2n) is 6.25. The van der Waals surface area contributed by atoms with Crippen molar-refractivity contribution in [3.05, 3.63) is 63.6 Å². The SMILES string of the molecule is Cc1cc(NC(=O)Cc2csc(Nc3ccc(S(C)(=O)=O)cc3)n2)ccc1Br. The molecule has 1 aromatic heterocycles. The third-order valence-electron chi connectivity index (χ3n) is 3.87. The fraction of sp³-hybridized carbons (Fsp3) is 0.158. The Labute approximate surface area is 176 Å². The van der Waals surface area contributed by atoms with Crippen LogP contribution in [-0.4, -0.2) is 25.6 Å². The van der Waals surface area contributed by atoms with E-state index in [9.17, 15) is 13.2 Å². The quantitative estimate of drug-likeness (QED) is 0.541. The molecule has 0 unspecified atom stereocenters. The lowest BCUT2D eigenvalue weighted by molar-refractivity contribution is -0.115. The van der Waals surface area contributed by atoms with Gasteiger partial charge in [-0.05, 0) is 55.0 Å². The maximum atomic E-state index is 12.2. The first-order chi connectivity index (χ1) is 13.2. The average molecular weight is 480 g/mol. The molecule has 9 heteroatoms. The van der Waals surface area contributed by atoms with Crippen LogP contribution in [0.4, 0.5) is 16.5 Å². The van der Waals surface area contributed by atoms with Crippen LogP contribution in [0.5, 0.6) is 0 Å². The Morgan fingerprint density at radius 2 is 1.82 bits per heavy atom. The Bertz CT molecular complexity index is 1110. The Morgan fingerprint density at radius 1 is 1.14 bits per heavy atom. The van der Waals surface area contributed by atoms with Crippen molar-refractivity contribution in [2.24, 2.45) is 0 Å². The fourth-order valence-corrected chi connectivity index (χ4v) is 4.05. The molecule has 0 spiro atoms. The smallest absolute Gasteiger partial charge is 0.230 e. The van der Waals surface area contributed by atoms with Gasteiger partial charge in [0.2, 0.25) is 5.91 Å². The number of carbonyl (C=O) groups excluding carboxylic acids is 1. The molecule has 28 heavy (non-hydrogen) atoms. The zero-order valence-corrected chi connectivity index (χ0v) is 18.4. The van der Waals surface area contributed by atoms with Gasteiger partial charge in [-0.25, -0.2) is 13.4 Å². The van der Waals surface area contributed by atoms with Crippen LogP contribution in [0.2, 0.25) is 0 Å². The van der Waals surface area contributed by atoms with Crippen LogP contribution in [-0.2, 0) is 21.1 Å². The van der Waals surface area contributed by atoms with Crippen LogP contribution in [0.3, 0.4) is 0 Å². The molecule has 2 N–H and O–H groups in total. The molecular weight excluding hydrogens is 462 g/mol. The predicted molar refractivity (Wildman–Crippen MR) is 116 cm³/mol. The van der Waals surface area contributed by atoms with E-state index in [-0.39, 0.29) is 17.2 Å². The highest BCUT2D eigenvalue weighted by atomic mass is 79.9. The third kappa shape index (κ3) is 5.40. The highest BCUT2D eigenvalue weighted by Gasteiger charge is 2.10. The molecule has 0 aliphatic heterocycles. The Balaban J connectivity index is 1.60. The van der Waals surface area contributed by atoms with Crippen molar-refractivity contribution in [1.29, 1.82) is 0 Å². The Morgan fingerprint density at radius 3 is 2.46 bits per heavy atom. The van der Waals surface area contributed by atoms with Crippen LogP contribution in [0, 0.1) is 6.92 Å². The van der Waals surface area contributed by atoms with Gasteiger partial charge in [0.1, 0.15) is 0 Å². The molecule has 6 nitrogen and oxygen atoms in total. The van der Waals surface area contributed by atoms with Crippen molar-refractivity contribution in [1.82, 2.24) is 4.98 Å². The number of amides is 1. The van der Waals surface area contributed by atoms with Crippen LogP contribution in [0.1, 0.15) is 11.3 Å². The van der Waals surface area contributed by atoms with E-state index in [0.29, 0.717) is 10.8 Å². The van der Waals surface area contributed by atoms with Gasteiger partial charge in [0.05, 0.1) is 17.0 Å². The van der Waals surface area contributed by atoms with Crippen molar-refractivity contribution in [3.8, 4) is 0 Å². The van der Waals surface area contributed by atoms with Gasteiger partial charge in [-0.2, -0.15) is 0 Å². The predicted octanol–water partition coefficient (Wildman–Crippen LogP) is 4.54. The lowest BCUT2D eigenvalue weighted by Crippen LogP contribution is -2.14. The summed E-state index contributed by atoms with van der Waals surface area (Å²) in [6, 6.07) is 12.1. The number of aromatic nitrogens is 1. The van der Waals surface area contributed by atoms with E-state index >= 15 is 0 Å². The molecule has 0 aliphatic rings. The lowest BCUT2D eigenvalue weighted by atomic mass is 10.2. The topological polar surface area (TPSA) is 88.2 Å². The molecule has 3 aromatic rings. The third-order valence-corrected chi connectivity index (χ3v) is 6.69. The van der Waals surface area contributed by atoms with Crippen molar-refractivity contribution in [2.75, 3.05) is 16.9 Å². The number of hydrogen-bond acceptors (Lipinski definition) is 6. The summed E-state index contributed by atoms with van der Waals surface area (Å²) in [5.41, 5.74) is 3.17. The summed E-state index contributed by atoms with van der Waals surface area (Å²) in [6.07, 6.45) is 1.34. The van der Waals surface area contributed by atoms with Gasteiger partial charge in [-0.3, -0.25) is 4.79 Å². The van der Waals surface area contributed by atoms with E-state index in [2.05, 4.69) is 31.5 Å². The molecule has 146 valence electrons. The number of carbonyl (C=O) groups is 1. The minimum Gasteiger partial charge on any atom is -0.332 e. The van der Waals surface area contributed by atoms with E-state index in [1.165, 1.54) is 17.6 Å². The number of nitrogens with one attached hydrogen (secondary N) is 2. The summed E-state index contributed by atoms with van der Waals surface area (Å²) < 4.78 is 24.0. The molecule has 3 rings (SSSR count). The van der Waals surface area contributed by atoms with Crippen LogP contribution in [0.15, 0.2) is 57.2 Å². The number of benzene rings is 2. The first kappa shape index (κ1) is 20.5. The highest BCUT2D eigenvalue weighted by Crippen LogP contribution is 2.23. The summed E-state index contributed by atoms with van der Waals surface area (Å²) in [5.74, 6) is -0.143. The van der Waals surface area contributed by atoms with Crippen LogP contribution in [0.25, 0.3) is 0 Å².